The highest BCUT2D eigenvalue weighted by molar-refractivity contribution is 8.31. The van der Waals surface area contributed by atoms with E-state index < -0.39 is 8.26 Å². The molecular weight excluding hydrogens is 355 g/mol. The van der Waals surface area contributed by atoms with E-state index in [9.17, 15) is 4.79 Å². The summed E-state index contributed by atoms with van der Waals surface area (Å²) >= 11 is 0. The van der Waals surface area contributed by atoms with E-state index in [1.54, 1.807) is 0 Å². The minimum Gasteiger partial charge on any atom is -0.289 e. The number of carbonyl (C=O) groups is 1. The first-order valence-electron chi connectivity index (χ1n) is 6.66. The molecule has 1 aliphatic carbocycles. The highest BCUT2D eigenvalue weighted by Gasteiger charge is 2.23. The minimum atomic E-state index is -3.72. The molecule has 23 heavy (non-hydrogen) atoms. The minimum absolute atomic E-state index is 0.134. The molecule has 0 saturated heterocycles. The van der Waals surface area contributed by atoms with Crippen molar-refractivity contribution in [3.8, 4) is 11.1 Å². The third-order valence-electron chi connectivity index (χ3n) is 3.61. The van der Waals surface area contributed by atoms with E-state index in [1.807, 2.05) is 42.5 Å². The molecule has 116 valence electrons. The van der Waals surface area contributed by atoms with E-state index in [1.165, 1.54) is 5.56 Å². The van der Waals surface area contributed by atoms with Crippen molar-refractivity contribution in [3.05, 3.63) is 71.8 Å². The van der Waals surface area contributed by atoms with Crippen molar-refractivity contribution in [1.29, 1.82) is 0 Å². The van der Waals surface area contributed by atoms with E-state index in [0.29, 0.717) is 0 Å². The van der Waals surface area contributed by atoms with Crippen LogP contribution in [0.15, 0.2) is 60.7 Å². The molecular formula is C17H10Cl2O3S. The summed E-state index contributed by atoms with van der Waals surface area (Å²) in [6.45, 7) is 0. The highest BCUT2D eigenvalue weighted by Crippen LogP contribution is 2.38. The third kappa shape index (κ3) is 3.24. The van der Waals surface area contributed by atoms with Crippen LogP contribution in [0.25, 0.3) is 21.9 Å². The van der Waals surface area contributed by atoms with Crippen LogP contribution in [0, 0.1) is 0 Å². The van der Waals surface area contributed by atoms with Crippen LogP contribution in [0.4, 0.5) is 0 Å². The van der Waals surface area contributed by atoms with Gasteiger partial charge in [0.05, 0.1) is 0 Å². The summed E-state index contributed by atoms with van der Waals surface area (Å²) in [6.07, 6.45) is 0. The molecule has 0 unspecified atom stereocenters. The van der Waals surface area contributed by atoms with Crippen molar-refractivity contribution < 1.29 is 13.2 Å². The largest absolute Gasteiger partial charge is 0.317 e. The first-order valence-corrected chi connectivity index (χ1v) is 9.80. The van der Waals surface area contributed by atoms with Gasteiger partial charge in [0.2, 0.25) is 0 Å². The van der Waals surface area contributed by atoms with Gasteiger partial charge in [0, 0.05) is 37.9 Å². The lowest BCUT2D eigenvalue weighted by Gasteiger charge is -2.19. The number of rotatable bonds is 0. The number of ketones is 1. The van der Waals surface area contributed by atoms with Crippen LogP contribution in [-0.2, 0) is 8.26 Å². The molecule has 3 aromatic rings. The normalized spacial score (nSPS) is 12.3. The van der Waals surface area contributed by atoms with Gasteiger partial charge >= 0.3 is 8.26 Å². The average Bonchev–Trinajstić information content (AvgIpc) is 2.51. The zero-order valence-corrected chi connectivity index (χ0v) is 14.0. The molecule has 3 aromatic carbocycles. The maximum absolute atomic E-state index is 12.5. The summed E-state index contributed by atoms with van der Waals surface area (Å²) in [6, 6.07) is 20.0. The number of carbonyl (C=O) groups excluding carboxylic acids is 1. The molecule has 6 heteroatoms. The van der Waals surface area contributed by atoms with Crippen LogP contribution in [0.3, 0.4) is 0 Å². The Morgan fingerprint density at radius 3 is 1.74 bits per heavy atom. The van der Waals surface area contributed by atoms with Gasteiger partial charge in [0.25, 0.3) is 0 Å². The van der Waals surface area contributed by atoms with Gasteiger partial charge in [-0.25, -0.2) is 0 Å². The van der Waals surface area contributed by atoms with E-state index in [4.69, 9.17) is 8.42 Å². The lowest BCUT2D eigenvalue weighted by Crippen LogP contribution is -2.09. The topological polar surface area (TPSA) is 51.2 Å². The van der Waals surface area contributed by atoms with Gasteiger partial charge in [-0.2, -0.15) is 8.42 Å². The highest BCUT2D eigenvalue weighted by atomic mass is 36.0. The summed E-state index contributed by atoms with van der Waals surface area (Å²) in [5.74, 6) is 0.134. The Hall–Kier alpha value is -1.88. The Bertz CT molecular complexity index is 1010. The third-order valence-corrected chi connectivity index (χ3v) is 3.61. The van der Waals surface area contributed by atoms with E-state index in [-0.39, 0.29) is 5.78 Å². The van der Waals surface area contributed by atoms with Crippen molar-refractivity contribution in [2.45, 2.75) is 0 Å². The van der Waals surface area contributed by atoms with Crippen molar-refractivity contribution >= 4 is 46.2 Å². The fourth-order valence-electron chi connectivity index (χ4n) is 2.82. The molecule has 0 atom stereocenters. The zero-order valence-electron chi connectivity index (χ0n) is 11.7. The molecule has 0 heterocycles. The number of benzene rings is 3. The van der Waals surface area contributed by atoms with Crippen LogP contribution in [0.2, 0.25) is 0 Å². The second kappa shape index (κ2) is 5.96. The quantitative estimate of drug-likeness (QED) is 0.422. The first kappa shape index (κ1) is 16.0. The van der Waals surface area contributed by atoms with Gasteiger partial charge in [-0.1, -0.05) is 60.7 Å². The molecule has 0 N–H and O–H groups in total. The Kier molecular flexibility index (Phi) is 4.15. The molecule has 4 rings (SSSR count). The fraction of sp³-hybridized carbons (Fsp3) is 0. The fourth-order valence-corrected chi connectivity index (χ4v) is 2.82. The lowest BCUT2D eigenvalue weighted by atomic mass is 9.83. The summed E-state index contributed by atoms with van der Waals surface area (Å²) in [4.78, 5) is 12.5. The van der Waals surface area contributed by atoms with E-state index >= 15 is 0 Å². The van der Waals surface area contributed by atoms with Gasteiger partial charge in [0.1, 0.15) is 0 Å². The molecule has 0 saturated carbocycles. The average molecular weight is 365 g/mol. The van der Waals surface area contributed by atoms with E-state index in [2.05, 4.69) is 39.6 Å². The summed E-state index contributed by atoms with van der Waals surface area (Å²) in [5, 5.41) is 2.22. The molecule has 1 aliphatic rings. The van der Waals surface area contributed by atoms with Crippen molar-refractivity contribution in [3.63, 3.8) is 0 Å². The zero-order chi connectivity index (χ0) is 16.6. The predicted octanol–water partition coefficient (Wildman–Crippen LogP) is 4.76. The Labute approximate surface area is 142 Å². The molecule has 0 radical (unpaired) electrons. The van der Waals surface area contributed by atoms with Gasteiger partial charge < -0.3 is 0 Å². The smallest absolute Gasteiger partial charge is 0.289 e. The Morgan fingerprint density at radius 1 is 0.652 bits per heavy atom. The van der Waals surface area contributed by atoms with Crippen LogP contribution in [0.1, 0.15) is 15.9 Å². The van der Waals surface area contributed by atoms with Crippen molar-refractivity contribution in [2.75, 3.05) is 0 Å². The molecule has 0 aliphatic heterocycles. The summed E-state index contributed by atoms with van der Waals surface area (Å²) in [7, 11) is 4.81. The second-order valence-electron chi connectivity index (χ2n) is 4.96. The maximum atomic E-state index is 12.5. The predicted molar refractivity (Wildman–Crippen MR) is 93.4 cm³/mol. The SMILES string of the molecule is O=C1c2ccccc2-c2cccc3cccc1c23.O=S(=O)(Cl)Cl. The Morgan fingerprint density at radius 2 is 1.13 bits per heavy atom. The Balaban J connectivity index is 0.000000276. The van der Waals surface area contributed by atoms with Crippen molar-refractivity contribution in [2.24, 2.45) is 0 Å². The lowest BCUT2D eigenvalue weighted by molar-refractivity contribution is 0.104. The number of hydrogen-bond donors (Lipinski definition) is 0. The molecule has 3 nitrogen and oxygen atoms in total. The molecule has 0 fully saturated rings. The molecule has 0 amide bonds. The summed E-state index contributed by atoms with van der Waals surface area (Å²) < 4.78 is 18.3. The van der Waals surface area contributed by atoms with Crippen LogP contribution < -0.4 is 0 Å². The first-order chi connectivity index (χ1) is 10.9. The van der Waals surface area contributed by atoms with Crippen molar-refractivity contribution in [1.82, 2.24) is 0 Å². The number of halogens is 2. The van der Waals surface area contributed by atoms with Gasteiger partial charge in [0.15, 0.2) is 5.78 Å². The number of fused-ring (bicyclic) bond motifs is 2. The molecule has 0 aromatic heterocycles. The standard InChI is InChI=1S/C17H10O.Cl2O2S/c18-17-14-8-2-1-7-12(14)13-9-3-5-11-6-4-10-15(17)16(11)13;1-5(2,3)4/h1-10H;. The maximum Gasteiger partial charge on any atom is 0.317 e. The monoisotopic (exact) mass is 364 g/mol. The van der Waals surface area contributed by atoms with Gasteiger partial charge in [-0.3, -0.25) is 4.79 Å². The van der Waals surface area contributed by atoms with Crippen LogP contribution >= 0.6 is 21.4 Å². The number of hydrogen-bond acceptors (Lipinski definition) is 3. The van der Waals surface area contributed by atoms with Crippen LogP contribution in [0.5, 0.6) is 0 Å². The molecule has 0 bridgehead atoms. The van der Waals surface area contributed by atoms with E-state index in [0.717, 1.165) is 27.5 Å². The second-order valence-corrected chi connectivity index (χ2v) is 8.63. The van der Waals surface area contributed by atoms with Gasteiger partial charge in [-0.15, -0.1) is 0 Å². The molecule has 0 spiro atoms. The van der Waals surface area contributed by atoms with Gasteiger partial charge in [-0.05, 0) is 16.5 Å². The summed E-state index contributed by atoms with van der Waals surface area (Å²) in [5.41, 5.74) is 3.84. The van der Waals surface area contributed by atoms with Crippen LogP contribution in [-0.4, -0.2) is 14.2 Å².